The van der Waals surface area contributed by atoms with E-state index in [1.807, 2.05) is 0 Å². The van der Waals surface area contributed by atoms with Gasteiger partial charge in [0.05, 0.1) is 5.54 Å². The third-order valence-electron chi connectivity index (χ3n) is 3.87. The number of nitrogens with zero attached hydrogens (tertiary/aromatic N) is 1. The average Bonchev–Trinajstić information content (AvgIpc) is 2.89. The molecule has 4 N–H and O–H groups in total. The maximum Gasteiger partial charge on any atom is 0.237 e. The molecular formula is C13H27N3O. The van der Waals surface area contributed by atoms with Gasteiger partial charge in [0, 0.05) is 6.54 Å². The smallest absolute Gasteiger partial charge is 0.237 e. The Labute approximate surface area is 105 Å². The molecule has 100 valence electrons. The number of primary amides is 1. The zero-order valence-electron chi connectivity index (χ0n) is 11.4. The van der Waals surface area contributed by atoms with E-state index in [0.29, 0.717) is 6.42 Å². The second-order valence-electron chi connectivity index (χ2n) is 5.97. The van der Waals surface area contributed by atoms with Crippen molar-refractivity contribution in [1.82, 2.24) is 4.90 Å². The van der Waals surface area contributed by atoms with Crippen molar-refractivity contribution in [2.45, 2.75) is 45.1 Å². The van der Waals surface area contributed by atoms with E-state index in [0.717, 1.165) is 31.2 Å². The first-order chi connectivity index (χ1) is 7.83. The molecule has 4 nitrogen and oxygen atoms in total. The maximum absolute atomic E-state index is 11.0. The lowest BCUT2D eigenvalue weighted by atomic mass is 9.95. The fraction of sp³-hybridized carbons (Fsp3) is 0.923. The molecule has 3 unspecified atom stereocenters. The second-order valence-corrected chi connectivity index (χ2v) is 5.97. The summed E-state index contributed by atoms with van der Waals surface area (Å²) in [5, 5.41) is 0. The summed E-state index contributed by atoms with van der Waals surface area (Å²) in [6.45, 7) is 6.31. The first-order valence-corrected chi connectivity index (χ1v) is 6.60. The lowest BCUT2D eigenvalue weighted by molar-refractivity contribution is -0.122. The Hall–Kier alpha value is -0.610. The average molecular weight is 241 g/mol. The van der Waals surface area contributed by atoms with Gasteiger partial charge in [0.2, 0.25) is 5.91 Å². The molecular weight excluding hydrogens is 214 g/mol. The topological polar surface area (TPSA) is 72.3 Å². The molecule has 1 fully saturated rings. The van der Waals surface area contributed by atoms with Crippen molar-refractivity contribution < 1.29 is 4.79 Å². The summed E-state index contributed by atoms with van der Waals surface area (Å²) in [5.74, 6) is 1.42. The van der Waals surface area contributed by atoms with E-state index in [9.17, 15) is 4.79 Å². The van der Waals surface area contributed by atoms with Crippen LogP contribution in [0.25, 0.3) is 0 Å². The van der Waals surface area contributed by atoms with Gasteiger partial charge in [0.15, 0.2) is 0 Å². The van der Waals surface area contributed by atoms with Crippen LogP contribution in [0.1, 0.15) is 39.5 Å². The fourth-order valence-electron chi connectivity index (χ4n) is 2.14. The fourth-order valence-corrected chi connectivity index (χ4v) is 2.14. The highest BCUT2D eigenvalue weighted by atomic mass is 16.1. The normalized spacial score (nSPS) is 26.9. The van der Waals surface area contributed by atoms with Gasteiger partial charge in [-0.05, 0) is 58.0 Å². The summed E-state index contributed by atoms with van der Waals surface area (Å²) in [6, 6.07) is 0. The van der Waals surface area contributed by atoms with Crippen LogP contribution < -0.4 is 11.5 Å². The zero-order chi connectivity index (χ0) is 13.1. The monoisotopic (exact) mass is 241 g/mol. The van der Waals surface area contributed by atoms with E-state index in [1.54, 1.807) is 6.92 Å². The molecule has 0 aliphatic heterocycles. The van der Waals surface area contributed by atoms with Gasteiger partial charge in [0.25, 0.3) is 0 Å². The minimum atomic E-state index is -0.844. The van der Waals surface area contributed by atoms with Gasteiger partial charge in [-0.3, -0.25) is 4.79 Å². The Morgan fingerprint density at radius 2 is 2.06 bits per heavy atom. The van der Waals surface area contributed by atoms with Crippen molar-refractivity contribution in [2.75, 3.05) is 20.1 Å². The standard InChI is InChI=1S/C13H27N3O/c1-10-8-11(10)9-16(3)7-5-4-6-13(2,15)12(14)17/h10-11H,4-9,15H2,1-3H3,(H2,14,17). The van der Waals surface area contributed by atoms with E-state index in [2.05, 4.69) is 18.9 Å². The van der Waals surface area contributed by atoms with Gasteiger partial charge in [-0.15, -0.1) is 0 Å². The van der Waals surface area contributed by atoms with E-state index >= 15 is 0 Å². The Bertz CT molecular complexity index is 265. The van der Waals surface area contributed by atoms with Crippen molar-refractivity contribution in [3.8, 4) is 0 Å². The van der Waals surface area contributed by atoms with Crippen molar-refractivity contribution in [1.29, 1.82) is 0 Å². The lowest BCUT2D eigenvalue weighted by Crippen LogP contribution is -2.49. The first kappa shape index (κ1) is 14.5. The van der Waals surface area contributed by atoms with Crippen molar-refractivity contribution in [3.05, 3.63) is 0 Å². The van der Waals surface area contributed by atoms with E-state index < -0.39 is 11.4 Å². The number of rotatable bonds is 8. The SMILES string of the molecule is CC1CC1CN(C)CCCCC(C)(N)C(N)=O. The minimum Gasteiger partial charge on any atom is -0.368 e. The van der Waals surface area contributed by atoms with Crippen LogP contribution in [0.4, 0.5) is 0 Å². The molecule has 3 atom stereocenters. The molecule has 0 spiro atoms. The molecule has 1 saturated carbocycles. The number of unbranched alkanes of at least 4 members (excludes halogenated alkanes) is 1. The van der Waals surface area contributed by atoms with Crippen LogP contribution in [0.3, 0.4) is 0 Å². The van der Waals surface area contributed by atoms with Gasteiger partial charge in [-0.25, -0.2) is 0 Å². The van der Waals surface area contributed by atoms with Gasteiger partial charge < -0.3 is 16.4 Å². The highest BCUT2D eigenvalue weighted by Crippen LogP contribution is 2.37. The predicted octanol–water partition coefficient (Wildman–Crippen LogP) is 0.947. The predicted molar refractivity (Wildman–Crippen MR) is 70.4 cm³/mol. The molecule has 0 radical (unpaired) electrons. The molecule has 0 heterocycles. The highest BCUT2D eigenvalue weighted by molar-refractivity contribution is 5.83. The van der Waals surface area contributed by atoms with Gasteiger partial charge in [-0.2, -0.15) is 0 Å². The summed E-state index contributed by atoms with van der Waals surface area (Å²) < 4.78 is 0. The quantitative estimate of drug-likeness (QED) is 0.621. The van der Waals surface area contributed by atoms with Crippen LogP contribution in [0.15, 0.2) is 0 Å². The third kappa shape index (κ3) is 5.04. The summed E-state index contributed by atoms with van der Waals surface area (Å²) in [6.07, 6.45) is 4.10. The molecule has 1 aliphatic carbocycles. The minimum absolute atomic E-state index is 0.405. The van der Waals surface area contributed by atoms with E-state index in [1.165, 1.54) is 13.0 Å². The van der Waals surface area contributed by atoms with Gasteiger partial charge in [0.1, 0.15) is 0 Å². The van der Waals surface area contributed by atoms with E-state index in [-0.39, 0.29) is 0 Å². The van der Waals surface area contributed by atoms with Gasteiger partial charge >= 0.3 is 0 Å². The van der Waals surface area contributed by atoms with Gasteiger partial charge in [-0.1, -0.05) is 6.92 Å². The Balaban J connectivity index is 2.05. The van der Waals surface area contributed by atoms with Crippen LogP contribution in [0.2, 0.25) is 0 Å². The van der Waals surface area contributed by atoms with Crippen LogP contribution in [0, 0.1) is 11.8 Å². The van der Waals surface area contributed by atoms with Crippen molar-refractivity contribution in [2.24, 2.45) is 23.3 Å². The molecule has 0 aromatic carbocycles. The van der Waals surface area contributed by atoms with Crippen LogP contribution in [-0.4, -0.2) is 36.5 Å². The second kappa shape index (κ2) is 5.83. The van der Waals surface area contributed by atoms with E-state index in [4.69, 9.17) is 11.5 Å². The molecule has 1 amide bonds. The molecule has 0 bridgehead atoms. The largest absolute Gasteiger partial charge is 0.368 e. The molecule has 0 aromatic heterocycles. The Kier molecular flexibility index (Phi) is 4.95. The zero-order valence-corrected chi connectivity index (χ0v) is 11.4. The highest BCUT2D eigenvalue weighted by Gasteiger charge is 2.32. The number of carbonyl (C=O) groups excluding carboxylic acids is 1. The lowest BCUT2D eigenvalue weighted by Gasteiger charge is -2.21. The summed E-state index contributed by atoms with van der Waals surface area (Å²) in [5.41, 5.74) is 10.2. The van der Waals surface area contributed by atoms with Crippen LogP contribution in [-0.2, 0) is 4.79 Å². The number of hydrogen-bond acceptors (Lipinski definition) is 3. The molecule has 0 saturated heterocycles. The Morgan fingerprint density at radius 3 is 2.53 bits per heavy atom. The molecule has 4 heteroatoms. The number of nitrogens with two attached hydrogens (primary N) is 2. The summed E-state index contributed by atoms with van der Waals surface area (Å²) >= 11 is 0. The maximum atomic E-state index is 11.0. The van der Waals surface area contributed by atoms with Crippen LogP contribution in [0.5, 0.6) is 0 Å². The number of carbonyl (C=O) groups is 1. The van der Waals surface area contributed by atoms with Crippen molar-refractivity contribution in [3.63, 3.8) is 0 Å². The molecule has 1 aliphatic rings. The van der Waals surface area contributed by atoms with Crippen LogP contribution >= 0.6 is 0 Å². The first-order valence-electron chi connectivity index (χ1n) is 6.60. The summed E-state index contributed by atoms with van der Waals surface area (Å²) in [7, 11) is 2.17. The summed E-state index contributed by atoms with van der Waals surface area (Å²) in [4.78, 5) is 13.4. The molecule has 1 rings (SSSR count). The molecule has 17 heavy (non-hydrogen) atoms. The van der Waals surface area contributed by atoms with Crippen molar-refractivity contribution >= 4 is 5.91 Å². The Morgan fingerprint density at radius 1 is 1.47 bits per heavy atom. The third-order valence-corrected chi connectivity index (χ3v) is 3.87. The molecule has 0 aromatic rings. The number of hydrogen-bond donors (Lipinski definition) is 2. The number of amides is 1.